The van der Waals surface area contributed by atoms with E-state index < -0.39 is 15.8 Å². The first kappa shape index (κ1) is 18.7. The van der Waals surface area contributed by atoms with Crippen LogP contribution in [0, 0.1) is 5.82 Å². The number of Topliss-reactive ketones (excluding diaryl/α,β-unsaturated/α-hetero) is 1. The Hall–Kier alpha value is -2.12. The number of rotatable bonds is 5. The first-order chi connectivity index (χ1) is 12.2. The lowest BCUT2D eigenvalue weighted by molar-refractivity contribution is 0.0921. The van der Waals surface area contributed by atoms with Gasteiger partial charge in [0.1, 0.15) is 11.6 Å². The largest absolute Gasteiger partial charge is 0.485 e. The van der Waals surface area contributed by atoms with E-state index in [1.165, 1.54) is 28.8 Å². The highest BCUT2D eigenvalue weighted by atomic mass is 35.5. The topological polar surface area (TPSA) is 63.7 Å². The van der Waals surface area contributed by atoms with Gasteiger partial charge in [0.25, 0.3) is 0 Å². The molecule has 0 saturated carbocycles. The number of ketones is 1. The molecule has 0 bridgehead atoms. The highest BCUT2D eigenvalue weighted by molar-refractivity contribution is 7.92. The maximum Gasteiger partial charge on any atom is 0.232 e. The van der Waals surface area contributed by atoms with E-state index in [1.54, 1.807) is 18.2 Å². The first-order valence-corrected chi connectivity index (χ1v) is 10.1. The van der Waals surface area contributed by atoms with Crippen molar-refractivity contribution >= 4 is 33.1 Å². The number of ether oxygens (including phenoxy) is 1. The van der Waals surface area contributed by atoms with E-state index in [4.69, 9.17) is 16.3 Å². The van der Waals surface area contributed by atoms with Crippen LogP contribution in [0.3, 0.4) is 0 Å². The van der Waals surface area contributed by atoms with Gasteiger partial charge in [-0.1, -0.05) is 11.6 Å². The van der Waals surface area contributed by atoms with Crippen LogP contribution in [0.25, 0.3) is 0 Å². The van der Waals surface area contributed by atoms with Crippen LogP contribution in [-0.2, 0) is 16.4 Å². The number of hydrogen-bond acceptors (Lipinski definition) is 4. The molecule has 2 aromatic rings. The molecule has 3 rings (SSSR count). The summed E-state index contributed by atoms with van der Waals surface area (Å²) in [6.07, 6.45) is 1.71. The van der Waals surface area contributed by atoms with Gasteiger partial charge in [-0.3, -0.25) is 9.10 Å². The summed E-state index contributed by atoms with van der Waals surface area (Å²) in [5, 5.41) is -0.0812. The standard InChI is InChI=1S/C18H17ClFNO4S/c1-11-7-13-8-12(3-6-17(13)21(11)26(2,23)24)18(22)10-25-14-4-5-16(20)15(19)9-14/h3-6,8-9,11H,7,10H2,1-2H3/t11-/m1/s1. The zero-order valence-electron chi connectivity index (χ0n) is 14.2. The van der Waals surface area contributed by atoms with Crippen molar-refractivity contribution in [2.24, 2.45) is 0 Å². The summed E-state index contributed by atoms with van der Waals surface area (Å²) in [5.74, 6) is -0.532. The second-order valence-corrected chi connectivity index (χ2v) is 8.51. The Morgan fingerprint density at radius 1 is 1.31 bits per heavy atom. The Morgan fingerprint density at radius 2 is 2.04 bits per heavy atom. The number of nitrogens with zero attached hydrogens (tertiary/aromatic N) is 1. The smallest absolute Gasteiger partial charge is 0.232 e. The number of halogens is 2. The van der Waals surface area contributed by atoms with Gasteiger partial charge in [-0.15, -0.1) is 0 Å². The predicted molar refractivity (Wildman–Crippen MR) is 98.2 cm³/mol. The van der Waals surface area contributed by atoms with E-state index in [0.717, 1.165) is 5.56 Å². The van der Waals surface area contributed by atoms with Crippen LogP contribution in [-0.4, -0.2) is 33.1 Å². The van der Waals surface area contributed by atoms with Crippen molar-refractivity contribution < 1.29 is 22.3 Å². The summed E-state index contributed by atoms with van der Waals surface area (Å²) in [7, 11) is -3.37. The van der Waals surface area contributed by atoms with Crippen molar-refractivity contribution in [2.45, 2.75) is 19.4 Å². The predicted octanol–water partition coefficient (Wildman–Crippen LogP) is 3.45. The van der Waals surface area contributed by atoms with Gasteiger partial charge in [0, 0.05) is 17.7 Å². The van der Waals surface area contributed by atoms with Crippen molar-refractivity contribution in [3.05, 3.63) is 58.4 Å². The molecule has 26 heavy (non-hydrogen) atoms. The lowest BCUT2D eigenvalue weighted by Crippen LogP contribution is -2.34. The molecule has 1 aliphatic heterocycles. The average Bonchev–Trinajstić information content (AvgIpc) is 2.90. The molecule has 0 radical (unpaired) electrons. The molecular formula is C18H17ClFNO4S. The van der Waals surface area contributed by atoms with Crippen molar-refractivity contribution in [1.29, 1.82) is 0 Å². The van der Waals surface area contributed by atoms with Crippen LogP contribution >= 0.6 is 11.6 Å². The molecule has 0 spiro atoms. The summed E-state index contributed by atoms with van der Waals surface area (Å²) >= 11 is 5.68. The van der Waals surface area contributed by atoms with Crippen LogP contribution < -0.4 is 9.04 Å². The molecular weight excluding hydrogens is 381 g/mol. The molecule has 1 aliphatic rings. The lowest BCUT2D eigenvalue weighted by Gasteiger charge is -2.21. The van der Waals surface area contributed by atoms with Crippen molar-refractivity contribution in [1.82, 2.24) is 0 Å². The minimum Gasteiger partial charge on any atom is -0.485 e. The van der Waals surface area contributed by atoms with E-state index in [1.807, 2.05) is 6.92 Å². The number of carbonyl (C=O) groups excluding carboxylic acids is 1. The molecule has 0 aromatic heterocycles. The zero-order chi connectivity index (χ0) is 19.1. The van der Waals surface area contributed by atoms with E-state index in [2.05, 4.69) is 0 Å². The van der Waals surface area contributed by atoms with E-state index in [-0.39, 0.29) is 23.5 Å². The third-order valence-corrected chi connectivity index (χ3v) is 5.73. The van der Waals surface area contributed by atoms with Gasteiger partial charge >= 0.3 is 0 Å². The Labute approximate surface area is 156 Å². The molecule has 138 valence electrons. The molecule has 0 N–H and O–H groups in total. The minimum atomic E-state index is -3.37. The van der Waals surface area contributed by atoms with E-state index >= 15 is 0 Å². The molecule has 8 heteroatoms. The van der Waals surface area contributed by atoms with Gasteiger partial charge in [-0.25, -0.2) is 12.8 Å². The van der Waals surface area contributed by atoms with Gasteiger partial charge in [0.2, 0.25) is 10.0 Å². The maximum atomic E-state index is 13.1. The highest BCUT2D eigenvalue weighted by Gasteiger charge is 2.32. The molecule has 0 unspecified atom stereocenters. The number of anilines is 1. The summed E-state index contributed by atoms with van der Waals surface area (Å²) < 4.78 is 43.7. The van der Waals surface area contributed by atoms with Crippen LogP contribution in [0.1, 0.15) is 22.8 Å². The number of carbonyl (C=O) groups is 1. The zero-order valence-corrected chi connectivity index (χ0v) is 15.8. The van der Waals surface area contributed by atoms with Crippen molar-refractivity contribution in [2.75, 3.05) is 17.2 Å². The second-order valence-electron chi connectivity index (χ2n) is 6.24. The van der Waals surface area contributed by atoms with Gasteiger partial charge < -0.3 is 4.74 Å². The fourth-order valence-corrected chi connectivity index (χ4v) is 4.51. The Morgan fingerprint density at radius 3 is 2.69 bits per heavy atom. The Bertz CT molecular complexity index is 977. The summed E-state index contributed by atoms with van der Waals surface area (Å²) in [6.45, 7) is 1.59. The fraction of sp³-hybridized carbons (Fsp3) is 0.278. The lowest BCUT2D eigenvalue weighted by atomic mass is 10.0. The van der Waals surface area contributed by atoms with Crippen LogP contribution in [0.5, 0.6) is 5.75 Å². The fourth-order valence-electron chi connectivity index (χ4n) is 3.08. The monoisotopic (exact) mass is 397 g/mol. The van der Waals surface area contributed by atoms with Gasteiger partial charge in [0.15, 0.2) is 12.4 Å². The van der Waals surface area contributed by atoms with Gasteiger partial charge in [-0.2, -0.15) is 0 Å². The van der Waals surface area contributed by atoms with Crippen LogP contribution in [0.4, 0.5) is 10.1 Å². The minimum absolute atomic E-state index is 0.0812. The Kier molecular flexibility index (Phi) is 4.94. The summed E-state index contributed by atoms with van der Waals surface area (Å²) in [6, 6.07) is 8.59. The van der Waals surface area contributed by atoms with Crippen molar-refractivity contribution in [3.8, 4) is 5.75 Å². The summed E-state index contributed by atoms with van der Waals surface area (Å²) in [5.41, 5.74) is 1.83. The van der Waals surface area contributed by atoms with Gasteiger partial charge in [0.05, 0.1) is 17.0 Å². The molecule has 0 aliphatic carbocycles. The second kappa shape index (κ2) is 6.89. The number of sulfonamides is 1. The number of benzene rings is 2. The Balaban J connectivity index is 1.75. The van der Waals surface area contributed by atoms with E-state index in [9.17, 15) is 17.6 Å². The molecule has 2 aromatic carbocycles. The molecule has 1 atom stereocenters. The SMILES string of the molecule is C[C@@H]1Cc2cc(C(=O)COc3ccc(F)c(Cl)c3)ccc2N1S(C)(=O)=O. The average molecular weight is 398 g/mol. The third kappa shape index (κ3) is 3.68. The molecule has 1 heterocycles. The van der Waals surface area contributed by atoms with E-state index in [0.29, 0.717) is 23.4 Å². The number of hydrogen-bond donors (Lipinski definition) is 0. The summed E-state index contributed by atoms with van der Waals surface area (Å²) in [4.78, 5) is 12.4. The molecule has 0 fully saturated rings. The van der Waals surface area contributed by atoms with Crippen LogP contribution in [0.2, 0.25) is 5.02 Å². The third-order valence-electron chi connectivity index (χ3n) is 4.17. The molecule has 0 amide bonds. The highest BCUT2D eigenvalue weighted by Crippen LogP contribution is 2.34. The number of fused-ring (bicyclic) bond motifs is 1. The normalized spacial score (nSPS) is 16.5. The first-order valence-electron chi connectivity index (χ1n) is 7.90. The van der Waals surface area contributed by atoms with Gasteiger partial charge in [-0.05, 0) is 49.2 Å². The maximum absolute atomic E-state index is 13.1. The quantitative estimate of drug-likeness (QED) is 0.725. The molecule has 5 nitrogen and oxygen atoms in total. The van der Waals surface area contributed by atoms with Crippen LogP contribution in [0.15, 0.2) is 36.4 Å². The molecule has 0 saturated heterocycles. The van der Waals surface area contributed by atoms with Crippen molar-refractivity contribution in [3.63, 3.8) is 0 Å².